The van der Waals surface area contributed by atoms with Crippen molar-refractivity contribution in [2.75, 3.05) is 36.8 Å². The summed E-state index contributed by atoms with van der Waals surface area (Å²) in [5.74, 6) is -0.297. The number of hydrogen-bond donors (Lipinski definition) is 1. The van der Waals surface area contributed by atoms with Crippen LogP contribution in [0.1, 0.15) is 59.7 Å². The summed E-state index contributed by atoms with van der Waals surface area (Å²) in [6, 6.07) is 3.56. The predicted molar refractivity (Wildman–Crippen MR) is 169 cm³/mol. The first kappa shape index (κ1) is 27.0. The first-order valence-corrected chi connectivity index (χ1v) is 15.9. The van der Waals surface area contributed by atoms with Gasteiger partial charge >= 0.3 is 6.01 Å². The van der Waals surface area contributed by atoms with E-state index in [1.54, 1.807) is 4.90 Å². The van der Waals surface area contributed by atoms with Crippen molar-refractivity contribution in [3.8, 4) is 29.6 Å². The number of anilines is 2. The zero-order valence-electron chi connectivity index (χ0n) is 27.1. The largest absolute Gasteiger partial charge is 0.461 e. The zero-order chi connectivity index (χ0) is 33.5. The third kappa shape index (κ3) is 4.72. The molecule has 3 saturated heterocycles. The minimum absolute atomic E-state index is 0.0318. The lowest BCUT2D eigenvalue weighted by molar-refractivity contribution is 0.107. The molecule has 0 bridgehead atoms. The second kappa shape index (κ2) is 11.0. The number of benzene rings is 2. The lowest BCUT2D eigenvalue weighted by atomic mass is 9.95. The molecule has 4 atom stereocenters. The molecule has 0 amide bonds. The van der Waals surface area contributed by atoms with Gasteiger partial charge in [0.1, 0.15) is 29.8 Å². The molecule has 1 aliphatic carbocycles. The molecule has 7 nitrogen and oxygen atoms in total. The van der Waals surface area contributed by atoms with Gasteiger partial charge in [-0.15, -0.1) is 6.42 Å². The smallest absolute Gasteiger partial charge is 0.319 e. The van der Waals surface area contributed by atoms with Crippen LogP contribution in [-0.4, -0.2) is 63.8 Å². The normalized spacial score (nSPS) is 27.0. The quantitative estimate of drug-likeness (QED) is 0.152. The molecule has 3 aliphatic heterocycles. The number of aromatic nitrogens is 3. The fraction of sp³-hybridized carbons (Fsp3) is 0.457. The molecule has 2 N–H and O–H groups in total. The molecule has 0 unspecified atom stereocenters. The van der Waals surface area contributed by atoms with E-state index < -0.39 is 41.3 Å². The highest BCUT2D eigenvalue weighted by Gasteiger charge is 2.49. The molecule has 0 spiro atoms. The van der Waals surface area contributed by atoms with Crippen molar-refractivity contribution < 1.29 is 25.0 Å². The number of hydrogen-bond acceptors (Lipinski definition) is 7. The van der Waals surface area contributed by atoms with Crippen LogP contribution in [0, 0.1) is 35.7 Å². The van der Waals surface area contributed by atoms with E-state index in [4.69, 9.17) is 24.6 Å². The Kier molecular flexibility index (Phi) is 6.44. The molecule has 1 saturated carbocycles. The van der Waals surface area contributed by atoms with E-state index in [2.05, 4.69) is 20.8 Å². The summed E-state index contributed by atoms with van der Waals surface area (Å²) in [5, 5.41) is 0.524. The summed E-state index contributed by atoms with van der Waals surface area (Å²) in [4.78, 5) is 17.5. The Hall–Kier alpha value is -4.17. The van der Waals surface area contributed by atoms with Gasteiger partial charge in [-0.1, -0.05) is 18.8 Å². The van der Waals surface area contributed by atoms with E-state index >= 15 is 4.39 Å². The highest BCUT2D eigenvalue weighted by atomic mass is 19.2. The van der Waals surface area contributed by atoms with Gasteiger partial charge in [0, 0.05) is 48.4 Å². The summed E-state index contributed by atoms with van der Waals surface area (Å²) < 4.78 is 85.2. The molecule has 4 aromatic rings. The Morgan fingerprint density at radius 3 is 2.83 bits per heavy atom. The van der Waals surface area contributed by atoms with Gasteiger partial charge in [0.05, 0.1) is 19.2 Å². The topological polar surface area (TPSA) is 80.4 Å². The second-order valence-electron chi connectivity index (χ2n) is 13.1. The summed E-state index contributed by atoms with van der Waals surface area (Å²) in [6.07, 6.45) is 12.0. The number of nitrogens with zero attached hydrogens (tertiary/aromatic N) is 5. The van der Waals surface area contributed by atoms with Gasteiger partial charge in [-0.25, -0.2) is 17.6 Å². The number of alkyl halides is 1. The summed E-state index contributed by atoms with van der Waals surface area (Å²) in [5.41, 5.74) is 4.28. The first-order chi connectivity index (χ1) is 23.0. The van der Waals surface area contributed by atoms with Crippen molar-refractivity contribution in [1.82, 2.24) is 19.9 Å². The van der Waals surface area contributed by atoms with E-state index in [-0.39, 0.29) is 58.3 Å². The molecule has 2 aromatic heterocycles. The van der Waals surface area contributed by atoms with Crippen LogP contribution in [0.15, 0.2) is 24.4 Å². The highest BCUT2D eigenvalue weighted by molar-refractivity contribution is 6.03. The molecular formula is C35H34F4N6O. The molecule has 2 aromatic carbocycles. The number of ether oxygens (including phenoxy) is 1. The Labute approximate surface area is 267 Å². The maximum Gasteiger partial charge on any atom is 0.319 e. The van der Waals surface area contributed by atoms with Gasteiger partial charge in [-0.2, -0.15) is 9.97 Å². The van der Waals surface area contributed by atoms with Gasteiger partial charge in [-0.3, -0.25) is 9.88 Å². The van der Waals surface area contributed by atoms with E-state index in [1.165, 1.54) is 18.3 Å². The Bertz CT molecular complexity index is 2020. The fourth-order valence-corrected chi connectivity index (χ4v) is 7.92. The number of terminal acetylenes is 1. The third-order valence-corrected chi connectivity index (χ3v) is 10.2. The Balaban J connectivity index is 1.32. The van der Waals surface area contributed by atoms with Crippen molar-refractivity contribution in [1.29, 1.82) is 0 Å². The maximum absolute atomic E-state index is 17.0. The van der Waals surface area contributed by atoms with Crippen molar-refractivity contribution in [2.24, 2.45) is 5.92 Å². The van der Waals surface area contributed by atoms with Crippen LogP contribution in [0.5, 0.6) is 6.01 Å². The molecule has 0 radical (unpaired) electrons. The minimum atomic E-state index is -2.40. The number of pyridine rings is 1. The molecular weight excluding hydrogens is 596 g/mol. The van der Waals surface area contributed by atoms with Crippen LogP contribution >= 0.6 is 0 Å². The van der Waals surface area contributed by atoms with Gasteiger partial charge in [0.25, 0.3) is 0 Å². The molecule has 238 valence electrons. The lowest BCUT2D eigenvalue weighted by Gasteiger charge is -2.31. The van der Waals surface area contributed by atoms with Crippen molar-refractivity contribution in [3.63, 3.8) is 0 Å². The number of nitrogens with two attached hydrogens (primary N) is 1. The number of nitrogen functional groups attached to an aromatic ring is 1. The molecule has 11 heteroatoms. The van der Waals surface area contributed by atoms with Gasteiger partial charge in [-0.05, 0) is 68.2 Å². The second-order valence-corrected chi connectivity index (χ2v) is 13.1. The summed E-state index contributed by atoms with van der Waals surface area (Å²) >= 11 is 0. The molecule has 8 rings (SSSR count). The van der Waals surface area contributed by atoms with Gasteiger partial charge in [0.2, 0.25) is 0 Å². The highest BCUT2D eigenvalue weighted by Crippen LogP contribution is 2.46. The lowest BCUT2D eigenvalue weighted by Crippen LogP contribution is -2.43. The molecule has 4 aliphatic rings. The van der Waals surface area contributed by atoms with E-state index in [0.29, 0.717) is 43.1 Å². The van der Waals surface area contributed by atoms with Crippen LogP contribution < -0.4 is 15.4 Å². The van der Waals surface area contributed by atoms with Crippen molar-refractivity contribution >= 4 is 33.2 Å². The van der Waals surface area contributed by atoms with E-state index in [9.17, 15) is 13.2 Å². The standard InChI is InChI=1S/C35H34F4N6O/c1-2-23-28-20(12-26(37)29(23)38)11-22(40)14-24(28)31-30(39)32-25(16-41-31)33(45-10-5-3-4-7-19-13-27(19)45)43-34(42-32)46-18-35-8-6-9-44(35)17-21(36)15-35/h1,11-12,14,16,19,21,27H,3-10,13,15,17-18,40H2/t19-,21-,27+,35+/m1/s1/i18D2. The van der Waals surface area contributed by atoms with Crippen LogP contribution in [0.2, 0.25) is 0 Å². The minimum Gasteiger partial charge on any atom is -0.461 e. The van der Waals surface area contributed by atoms with E-state index in [0.717, 1.165) is 38.2 Å². The van der Waals surface area contributed by atoms with E-state index in [1.807, 2.05) is 0 Å². The fourth-order valence-electron chi connectivity index (χ4n) is 7.92. The SMILES string of the molecule is [2H]C([2H])(Oc1nc(N2CCCCC[C@@H]3C[C@@H]32)c2cnc(-c3cc(N)cc4cc(F)c(F)c(C#C)c34)c(F)c2n1)[C@@]12CCCN1C[C@H](F)C2. The average Bonchev–Trinajstić information content (AvgIpc) is 3.51. The average molecular weight is 633 g/mol. The Morgan fingerprint density at radius 1 is 1.11 bits per heavy atom. The third-order valence-electron chi connectivity index (χ3n) is 10.2. The molecule has 46 heavy (non-hydrogen) atoms. The first-order valence-electron chi connectivity index (χ1n) is 16.9. The van der Waals surface area contributed by atoms with Gasteiger partial charge < -0.3 is 15.4 Å². The van der Waals surface area contributed by atoms with Crippen LogP contribution in [-0.2, 0) is 0 Å². The summed E-state index contributed by atoms with van der Waals surface area (Å²) in [7, 11) is 0. The van der Waals surface area contributed by atoms with Crippen LogP contribution in [0.3, 0.4) is 0 Å². The molecule has 4 fully saturated rings. The number of rotatable bonds is 5. The maximum atomic E-state index is 17.0. The molecule has 5 heterocycles. The van der Waals surface area contributed by atoms with Gasteiger partial charge in [0.15, 0.2) is 17.5 Å². The number of fused-ring (bicyclic) bond motifs is 4. The monoisotopic (exact) mass is 632 g/mol. The predicted octanol–water partition coefficient (Wildman–Crippen LogP) is 6.55. The van der Waals surface area contributed by atoms with Crippen LogP contribution in [0.25, 0.3) is 32.9 Å². The Morgan fingerprint density at radius 2 is 1.98 bits per heavy atom. The van der Waals surface area contributed by atoms with Crippen molar-refractivity contribution in [2.45, 2.75) is 69.1 Å². The summed E-state index contributed by atoms with van der Waals surface area (Å²) in [6.45, 7) is -1.08. The zero-order valence-corrected chi connectivity index (χ0v) is 25.1. The number of halogens is 4. The van der Waals surface area contributed by atoms with Crippen LogP contribution in [0.4, 0.5) is 29.1 Å². The van der Waals surface area contributed by atoms with Crippen molar-refractivity contribution in [3.05, 3.63) is 47.4 Å².